The lowest BCUT2D eigenvalue weighted by Crippen LogP contribution is -2.37. The Morgan fingerprint density at radius 2 is 2.26 bits per heavy atom. The van der Waals surface area contributed by atoms with Crippen LogP contribution in [0.25, 0.3) is 0 Å². The van der Waals surface area contributed by atoms with E-state index in [-0.39, 0.29) is 6.79 Å². The van der Waals surface area contributed by atoms with Crippen LogP contribution in [0, 0.1) is 0 Å². The van der Waals surface area contributed by atoms with E-state index in [1.54, 1.807) is 0 Å². The van der Waals surface area contributed by atoms with E-state index < -0.39 is 12.0 Å². The van der Waals surface area contributed by atoms with Gasteiger partial charge in [-0.25, -0.2) is 4.79 Å². The number of carbonyl (C=O) groups excluding carboxylic acids is 1. The number of hydrogen-bond acceptors (Lipinski definition) is 5. The van der Waals surface area contributed by atoms with E-state index in [4.69, 9.17) is 14.6 Å². The molecule has 6 nitrogen and oxygen atoms in total. The van der Waals surface area contributed by atoms with Gasteiger partial charge < -0.3 is 19.9 Å². The van der Waals surface area contributed by atoms with Crippen LogP contribution >= 0.6 is 11.8 Å². The number of fused-ring (bicyclic) bond motifs is 1. The van der Waals surface area contributed by atoms with Crippen molar-refractivity contribution in [1.82, 2.24) is 5.32 Å². The summed E-state index contributed by atoms with van der Waals surface area (Å²) in [7, 11) is 0. The number of carboxylic acids is 1. The quantitative estimate of drug-likeness (QED) is 0.722. The largest absolute Gasteiger partial charge is 0.480 e. The second-order valence-electron chi connectivity index (χ2n) is 3.88. The molecule has 102 valence electrons. The molecule has 0 aromatic heterocycles. The van der Waals surface area contributed by atoms with E-state index in [0.717, 1.165) is 11.3 Å². The Morgan fingerprint density at radius 3 is 3.00 bits per heavy atom. The van der Waals surface area contributed by atoms with Crippen molar-refractivity contribution in [2.75, 3.05) is 12.5 Å². The second-order valence-corrected chi connectivity index (χ2v) is 4.91. The Hall–Kier alpha value is -1.89. The first-order chi connectivity index (χ1) is 9.20. The molecule has 0 saturated carbocycles. The molecule has 1 aliphatic rings. The van der Waals surface area contributed by atoms with E-state index in [1.165, 1.54) is 11.8 Å². The van der Waals surface area contributed by atoms with Gasteiger partial charge in [-0.3, -0.25) is 4.79 Å². The van der Waals surface area contributed by atoms with Crippen LogP contribution < -0.4 is 14.8 Å². The highest BCUT2D eigenvalue weighted by molar-refractivity contribution is 7.98. The third-order valence-electron chi connectivity index (χ3n) is 2.56. The number of ether oxygens (including phenoxy) is 2. The molecule has 0 radical (unpaired) electrons. The summed E-state index contributed by atoms with van der Waals surface area (Å²) in [6, 6.07) is 4.75. The molecule has 19 heavy (non-hydrogen) atoms. The lowest BCUT2D eigenvalue weighted by atomic mass is 10.2. The van der Waals surface area contributed by atoms with Crippen LogP contribution in [-0.4, -0.2) is 36.1 Å². The second kappa shape index (κ2) is 6.33. The van der Waals surface area contributed by atoms with Gasteiger partial charge in [0.1, 0.15) is 6.04 Å². The molecule has 0 aliphatic carbocycles. The van der Waals surface area contributed by atoms with Crippen molar-refractivity contribution < 1.29 is 24.2 Å². The van der Waals surface area contributed by atoms with Crippen LogP contribution in [0.3, 0.4) is 0 Å². The van der Waals surface area contributed by atoms with Gasteiger partial charge in [-0.2, -0.15) is 11.8 Å². The van der Waals surface area contributed by atoms with Gasteiger partial charge >= 0.3 is 5.97 Å². The molecule has 1 aliphatic heterocycles. The number of rotatable bonds is 7. The molecule has 2 N–H and O–H groups in total. The lowest BCUT2D eigenvalue weighted by molar-refractivity contribution is -0.139. The molecule has 1 amide bonds. The predicted molar refractivity (Wildman–Crippen MR) is 69.4 cm³/mol. The van der Waals surface area contributed by atoms with E-state index in [9.17, 15) is 9.59 Å². The van der Waals surface area contributed by atoms with Crippen molar-refractivity contribution in [2.45, 2.75) is 11.8 Å². The Bertz CT molecular complexity index is 479. The first kappa shape index (κ1) is 13.5. The van der Waals surface area contributed by atoms with Crippen LogP contribution in [0.15, 0.2) is 18.2 Å². The zero-order valence-electron chi connectivity index (χ0n) is 10.00. The first-order valence-electron chi connectivity index (χ1n) is 5.59. The molecule has 0 fully saturated rings. The van der Waals surface area contributed by atoms with Gasteiger partial charge in [-0.05, 0) is 17.7 Å². The number of benzene rings is 1. The van der Waals surface area contributed by atoms with Crippen molar-refractivity contribution in [2.24, 2.45) is 0 Å². The zero-order chi connectivity index (χ0) is 13.7. The summed E-state index contributed by atoms with van der Waals surface area (Å²) in [5, 5.41) is 11.1. The number of carbonyl (C=O) groups is 2. The maximum Gasteiger partial charge on any atom is 0.327 e. The molecule has 1 aromatic carbocycles. The fourth-order valence-corrected chi connectivity index (χ4v) is 2.61. The number of aliphatic carboxylic acids is 1. The summed E-state index contributed by atoms with van der Waals surface area (Å²) in [5.41, 5.74) is 1.02. The maximum absolute atomic E-state index is 10.8. The molecule has 0 saturated heterocycles. The minimum atomic E-state index is -1.04. The Labute approximate surface area is 114 Å². The summed E-state index contributed by atoms with van der Waals surface area (Å²) in [6.45, 7) is 0.232. The molecule has 2 rings (SSSR count). The van der Waals surface area contributed by atoms with E-state index >= 15 is 0 Å². The molecule has 0 bridgehead atoms. The van der Waals surface area contributed by atoms with Crippen LogP contribution in [0.5, 0.6) is 11.5 Å². The number of thioether (sulfide) groups is 1. The SMILES string of the molecule is O=CNC(CSCc1ccc2c(c1)OCO2)C(=O)O. The normalized spacial score (nSPS) is 13.9. The van der Waals surface area contributed by atoms with Gasteiger partial charge in [0.05, 0.1) is 0 Å². The summed E-state index contributed by atoms with van der Waals surface area (Å²) >= 11 is 1.43. The van der Waals surface area contributed by atoms with Gasteiger partial charge in [-0.15, -0.1) is 0 Å². The topological polar surface area (TPSA) is 84.9 Å². The van der Waals surface area contributed by atoms with Crippen molar-refractivity contribution in [1.29, 1.82) is 0 Å². The third-order valence-corrected chi connectivity index (χ3v) is 3.66. The molecule has 1 heterocycles. The fraction of sp³-hybridized carbons (Fsp3) is 0.333. The van der Waals surface area contributed by atoms with E-state index in [1.807, 2.05) is 18.2 Å². The number of hydrogen-bond donors (Lipinski definition) is 2. The van der Waals surface area contributed by atoms with Crippen LogP contribution in [-0.2, 0) is 15.3 Å². The van der Waals surface area contributed by atoms with Gasteiger partial charge in [-0.1, -0.05) is 6.07 Å². The predicted octanol–water partition coefficient (Wildman–Crippen LogP) is 0.848. The highest BCUT2D eigenvalue weighted by Gasteiger charge is 2.17. The van der Waals surface area contributed by atoms with Crippen molar-refractivity contribution in [3.8, 4) is 11.5 Å². The van der Waals surface area contributed by atoms with Crippen molar-refractivity contribution in [3.63, 3.8) is 0 Å². The monoisotopic (exact) mass is 283 g/mol. The minimum absolute atomic E-state index is 0.232. The van der Waals surface area contributed by atoms with E-state index in [2.05, 4.69) is 5.32 Å². The van der Waals surface area contributed by atoms with Crippen LogP contribution in [0.4, 0.5) is 0 Å². The highest BCUT2D eigenvalue weighted by Crippen LogP contribution is 2.33. The summed E-state index contributed by atoms with van der Waals surface area (Å²) in [6.07, 6.45) is 0.403. The average molecular weight is 283 g/mol. The van der Waals surface area contributed by atoms with Crippen molar-refractivity contribution >= 4 is 24.1 Å². The molecular weight excluding hydrogens is 270 g/mol. The summed E-state index contributed by atoms with van der Waals surface area (Å²) in [4.78, 5) is 21.1. The molecule has 0 spiro atoms. The lowest BCUT2D eigenvalue weighted by Gasteiger charge is -2.10. The van der Waals surface area contributed by atoms with E-state index in [0.29, 0.717) is 23.7 Å². The molecule has 1 unspecified atom stereocenters. The summed E-state index contributed by atoms with van der Waals surface area (Å²) < 4.78 is 10.5. The minimum Gasteiger partial charge on any atom is -0.480 e. The zero-order valence-corrected chi connectivity index (χ0v) is 10.8. The Balaban J connectivity index is 1.85. The highest BCUT2D eigenvalue weighted by atomic mass is 32.2. The molecule has 1 atom stereocenters. The van der Waals surface area contributed by atoms with Gasteiger partial charge in [0.15, 0.2) is 11.5 Å². The molecule has 7 heteroatoms. The smallest absolute Gasteiger partial charge is 0.327 e. The first-order valence-corrected chi connectivity index (χ1v) is 6.75. The molecule has 1 aromatic rings. The van der Waals surface area contributed by atoms with Gasteiger partial charge in [0, 0.05) is 11.5 Å². The fourth-order valence-electron chi connectivity index (χ4n) is 1.60. The summed E-state index contributed by atoms with van der Waals surface area (Å²) in [5.74, 6) is 1.34. The maximum atomic E-state index is 10.8. The Morgan fingerprint density at radius 1 is 1.47 bits per heavy atom. The number of carboxylic acid groups (broad SMARTS) is 1. The molecular formula is C12H13NO5S. The van der Waals surface area contributed by atoms with Crippen LogP contribution in [0.1, 0.15) is 5.56 Å². The Kier molecular flexibility index (Phi) is 4.51. The van der Waals surface area contributed by atoms with Gasteiger partial charge in [0.25, 0.3) is 0 Å². The van der Waals surface area contributed by atoms with Crippen LogP contribution in [0.2, 0.25) is 0 Å². The standard InChI is InChI=1S/C12H13NO5S/c14-6-13-9(12(15)16)5-19-4-8-1-2-10-11(3-8)18-7-17-10/h1-3,6,9H,4-5,7H2,(H,13,14)(H,15,16). The number of nitrogens with one attached hydrogen (secondary N) is 1. The van der Waals surface area contributed by atoms with Crippen molar-refractivity contribution in [3.05, 3.63) is 23.8 Å². The number of amides is 1. The third kappa shape index (κ3) is 3.54. The average Bonchev–Trinajstić information content (AvgIpc) is 2.85. The van der Waals surface area contributed by atoms with Gasteiger partial charge in [0.2, 0.25) is 13.2 Å².